The fourth-order valence-electron chi connectivity index (χ4n) is 1.43. The zero-order chi connectivity index (χ0) is 20.9. The summed E-state index contributed by atoms with van der Waals surface area (Å²) in [7, 11) is 0. The monoisotopic (exact) mass is 553 g/mol. The maximum atomic E-state index is 9.99. The Morgan fingerprint density at radius 2 is 0.483 bits per heavy atom. The summed E-state index contributed by atoms with van der Waals surface area (Å²) in [4.78, 5) is 61.2. The van der Waals surface area contributed by atoms with Gasteiger partial charge in [-0.3, -0.25) is 9.80 Å². The van der Waals surface area contributed by atoms with Crippen molar-refractivity contribution >= 4 is 35.8 Å². The van der Waals surface area contributed by atoms with Crippen LogP contribution in [0.1, 0.15) is 0 Å². The van der Waals surface area contributed by atoms with Gasteiger partial charge in [0.15, 0.2) is 0 Å². The Kier molecular flexibility index (Phi) is 27.4. The van der Waals surface area contributed by atoms with Crippen molar-refractivity contribution in [3.8, 4) is 0 Å². The Morgan fingerprint density at radius 3 is 0.552 bits per heavy atom. The molecular formula is C12H12Co3N2O12. The summed E-state index contributed by atoms with van der Waals surface area (Å²) >= 11 is 0. The van der Waals surface area contributed by atoms with Crippen LogP contribution in [-0.4, -0.2) is 84.9 Å². The molecule has 0 spiro atoms. The molecule has 0 N–H and O–H groups in total. The summed E-state index contributed by atoms with van der Waals surface area (Å²) in [5.41, 5.74) is 0. The number of carbonyl (C=O) groups excluding carboxylic acids is 6. The number of carboxylic acid groups (broad SMARTS) is 6. The summed E-state index contributed by atoms with van der Waals surface area (Å²) < 4.78 is 0. The first kappa shape index (κ1) is 37.9. The topological polar surface area (TPSA) is 247 Å². The van der Waals surface area contributed by atoms with Gasteiger partial charge in [-0.2, -0.15) is 0 Å². The molecule has 0 aromatic heterocycles. The Bertz CT molecular complexity index is 436. The quantitative estimate of drug-likeness (QED) is 0.218. The van der Waals surface area contributed by atoms with Crippen LogP contribution in [0.5, 0.6) is 0 Å². The molecule has 0 heterocycles. The molecule has 17 heteroatoms. The van der Waals surface area contributed by atoms with Gasteiger partial charge in [0.1, 0.15) is 0 Å². The molecule has 0 saturated carbocycles. The van der Waals surface area contributed by atoms with E-state index in [0.717, 1.165) is 0 Å². The first-order valence-corrected chi connectivity index (χ1v) is 6.47. The van der Waals surface area contributed by atoms with Crippen LogP contribution >= 0.6 is 0 Å². The minimum absolute atomic E-state index is 0. The Labute approximate surface area is 194 Å². The third-order valence-corrected chi connectivity index (χ3v) is 2.12. The molecule has 0 rings (SSSR count). The Balaban J connectivity index is -0.000000120. The summed E-state index contributed by atoms with van der Waals surface area (Å²) in [6, 6.07) is 0. The predicted molar refractivity (Wildman–Crippen MR) is 62.9 cm³/mol. The molecule has 0 aromatic carbocycles. The van der Waals surface area contributed by atoms with Crippen molar-refractivity contribution in [1.82, 2.24) is 9.80 Å². The van der Waals surface area contributed by atoms with E-state index in [1.807, 2.05) is 0 Å². The fraction of sp³-hybridized carbons (Fsp3) is 0.500. The van der Waals surface area contributed by atoms with Crippen LogP contribution in [0.4, 0.5) is 0 Å². The number of aliphatic carboxylic acids is 6. The number of nitrogens with zero attached hydrogens (tertiary/aromatic N) is 2. The van der Waals surface area contributed by atoms with E-state index < -0.39 is 75.1 Å². The van der Waals surface area contributed by atoms with Crippen molar-refractivity contribution in [2.24, 2.45) is 0 Å². The third-order valence-electron chi connectivity index (χ3n) is 2.12. The van der Waals surface area contributed by atoms with E-state index in [2.05, 4.69) is 0 Å². The van der Waals surface area contributed by atoms with E-state index in [9.17, 15) is 59.4 Å². The van der Waals surface area contributed by atoms with Crippen molar-refractivity contribution < 1.29 is 110 Å². The van der Waals surface area contributed by atoms with Crippen LogP contribution in [0.25, 0.3) is 0 Å². The van der Waals surface area contributed by atoms with Crippen LogP contribution in [0.15, 0.2) is 0 Å². The van der Waals surface area contributed by atoms with E-state index in [0.29, 0.717) is 9.80 Å². The van der Waals surface area contributed by atoms with E-state index in [4.69, 9.17) is 0 Å². The van der Waals surface area contributed by atoms with Crippen LogP contribution in [0, 0.1) is 0 Å². The molecule has 3 radical (unpaired) electrons. The SMILES string of the molecule is O=C([O-])CN(CC(=O)[O-])CC(=O)[O-].O=C([O-])CN(CC(=O)[O-])CC(=O)[O-].[Co+2].[Co+2].[Co+2]. The van der Waals surface area contributed by atoms with Crippen molar-refractivity contribution in [2.45, 2.75) is 0 Å². The number of rotatable bonds is 12. The Hall–Kier alpha value is -1.74. The van der Waals surface area contributed by atoms with E-state index >= 15 is 0 Å². The van der Waals surface area contributed by atoms with Crippen LogP contribution in [0.3, 0.4) is 0 Å². The minimum atomic E-state index is -1.57. The largest absolute Gasteiger partial charge is 2.00 e. The molecule has 0 aliphatic rings. The number of hydrogen-bond donors (Lipinski definition) is 0. The summed E-state index contributed by atoms with van der Waals surface area (Å²) in [5, 5.41) is 60.0. The van der Waals surface area contributed by atoms with E-state index in [1.165, 1.54) is 0 Å². The van der Waals surface area contributed by atoms with Gasteiger partial charge in [0.05, 0.1) is 35.8 Å². The molecule has 0 atom stereocenters. The molecule has 0 saturated heterocycles. The van der Waals surface area contributed by atoms with Gasteiger partial charge in [-0.15, -0.1) is 0 Å². The van der Waals surface area contributed by atoms with Crippen molar-refractivity contribution in [1.29, 1.82) is 0 Å². The average Bonchev–Trinajstić information content (AvgIpc) is 2.33. The maximum absolute atomic E-state index is 9.99. The molecule has 0 unspecified atom stereocenters. The van der Waals surface area contributed by atoms with Crippen LogP contribution < -0.4 is 30.6 Å². The molecule has 0 aliphatic carbocycles. The van der Waals surface area contributed by atoms with Crippen molar-refractivity contribution in [3.63, 3.8) is 0 Å². The second-order valence-corrected chi connectivity index (χ2v) is 4.52. The minimum Gasteiger partial charge on any atom is -0.549 e. The molecule has 169 valence electrons. The molecule has 0 amide bonds. The second-order valence-electron chi connectivity index (χ2n) is 4.52. The molecule has 0 bridgehead atoms. The van der Waals surface area contributed by atoms with Crippen LogP contribution in [-0.2, 0) is 79.1 Å². The van der Waals surface area contributed by atoms with E-state index in [-0.39, 0.29) is 50.3 Å². The number of hydrogen-bond acceptors (Lipinski definition) is 14. The van der Waals surface area contributed by atoms with Crippen molar-refractivity contribution in [3.05, 3.63) is 0 Å². The van der Waals surface area contributed by atoms with E-state index in [1.54, 1.807) is 0 Å². The summed E-state index contributed by atoms with van der Waals surface area (Å²) in [6.07, 6.45) is 0. The number of carboxylic acids is 6. The molecule has 14 nitrogen and oxygen atoms in total. The second kappa shape index (κ2) is 21.0. The smallest absolute Gasteiger partial charge is 0.549 e. The van der Waals surface area contributed by atoms with Gasteiger partial charge in [0.2, 0.25) is 0 Å². The van der Waals surface area contributed by atoms with Gasteiger partial charge >= 0.3 is 50.3 Å². The zero-order valence-corrected chi connectivity index (χ0v) is 17.2. The third kappa shape index (κ3) is 31.2. The molecule has 0 aliphatic heterocycles. The van der Waals surface area contributed by atoms with Gasteiger partial charge in [0, 0.05) is 39.3 Å². The normalized spacial score (nSPS) is 8.90. The Morgan fingerprint density at radius 1 is 0.379 bits per heavy atom. The molecule has 0 aromatic rings. The number of carbonyl (C=O) groups is 6. The predicted octanol–water partition coefficient (Wildman–Crippen LogP) is -10.9. The fourth-order valence-corrected chi connectivity index (χ4v) is 1.43. The molecule has 29 heavy (non-hydrogen) atoms. The van der Waals surface area contributed by atoms with Gasteiger partial charge in [-0.25, -0.2) is 0 Å². The van der Waals surface area contributed by atoms with Crippen molar-refractivity contribution in [2.75, 3.05) is 39.3 Å². The first-order valence-electron chi connectivity index (χ1n) is 6.47. The maximum Gasteiger partial charge on any atom is 2.00 e. The first-order chi connectivity index (χ1) is 11.8. The molecule has 0 fully saturated rings. The van der Waals surface area contributed by atoms with Crippen LogP contribution in [0.2, 0.25) is 0 Å². The van der Waals surface area contributed by atoms with Gasteiger partial charge in [-0.1, -0.05) is 0 Å². The van der Waals surface area contributed by atoms with Gasteiger partial charge in [-0.05, 0) is 0 Å². The van der Waals surface area contributed by atoms with Gasteiger partial charge in [0.25, 0.3) is 0 Å². The zero-order valence-electron chi connectivity index (χ0n) is 14.0. The summed E-state index contributed by atoms with van der Waals surface area (Å²) in [5.74, 6) is -9.40. The van der Waals surface area contributed by atoms with Gasteiger partial charge < -0.3 is 59.4 Å². The molecular weight excluding hydrogens is 541 g/mol. The standard InChI is InChI=1S/2C6H9NO6.3Co/c2*8-4(9)1-7(2-5(10)11)3-6(12)13;;;/h2*1-3H2,(H,8,9)(H,10,11)(H,12,13);;;/q;;3*+2/p-6. The summed E-state index contributed by atoms with van der Waals surface area (Å²) in [6.45, 7) is -4.74. The average molecular weight is 553 g/mol.